The van der Waals surface area contributed by atoms with Gasteiger partial charge in [-0.15, -0.1) is 0 Å². The largest absolute Gasteiger partial charge is 0.346 e. The van der Waals surface area contributed by atoms with Gasteiger partial charge in [0.2, 0.25) is 5.91 Å². The molecule has 0 radical (unpaired) electrons. The van der Waals surface area contributed by atoms with Gasteiger partial charge in [0, 0.05) is 0 Å². The second kappa shape index (κ2) is 6.18. The third kappa shape index (κ3) is 4.39. The van der Waals surface area contributed by atoms with E-state index in [2.05, 4.69) is 5.32 Å². The molecule has 1 aromatic rings. The monoisotopic (exact) mass is 233 g/mol. The molecular weight excluding hydrogens is 214 g/mol. The lowest BCUT2D eigenvalue weighted by atomic mass is 10.0. The quantitative estimate of drug-likeness (QED) is 0.845. The van der Waals surface area contributed by atoms with Crippen molar-refractivity contribution in [3.05, 3.63) is 35.9 Å². The molecule has 3 nitrogen and oxygen atoms in total. The van der Waals surface area contributed by atoms with Crippen LogP contribution in [-0.2, 0) is 16.0 Å². The predicted octanol–water partition coefficient (Wildman–Crippen LogP) is 1.96. The van der Waals surface area contributed by atoms with Gasteiger partial charge in [-0.25, -0.2) is 0 Å². The molecule has 1 rings (SSSR count). The fourth-order valence-electron chi connectivity index (χ4n) is 1.74. The molecule has 0 heterocycles. The summed E-state index contributed by atoms with van der Waals surface area (Å²) in [6, 6.07) is 9.12. The number of hydrogen-bond donors (Lipinski definition) is 1. The summed E-state index contributed by atoms with van der Waals surface area (Å²) in [4.78, 5) is 23.1. The Bertz CT molecular complexity index is 384. The van der Waals surface area contributed by atoms with Gasteiger partial charge in [-0.1, -0.05) is 44.2 Å². The maximum Gasteiger partial charge on any atom is 0.225 e. The summed E-state index contributed by atoms with van der Waals surface area (Å²) in [6.07, 6.45) is 0.317. The molecule has 0 aromatic heterocycles. The number of hydrogen-bond acceptors (Lipinski definition) is 2. The number of carbonyl (C=O) groups is 2. The molecule has 1 atom stereocenters. The number of rotatable bonds is 5. The van der Waals surface area contributed by atoms with Gasteiger partial charge in [0.25, 0.3) is 0 Å². The van der Waals surface area contributed by atoms with Gasteiger partial charge < -0.3 is 5.32 Å². The van der Waals surface area contributed by atoms with E-state index in [9.17, 15) is 9.59 Å². The van der Waals surface area contributed by atoms with Crippen molar-refractivity contribution >= 4 is 11.7 Å². The number of benzene rings is 1. The Morgan fingerprint density at radius 3 is 2.24 bits per heavy atom. The minimum Gasteiger partial charge on any atom is -0.346 e. The fourth-order valence-corrected chi connectivity index (χ4v) is 1.74. The molecule has 0 saturated carbocycles. The zero-order valence-electron chi connectivity index (χ0n) is 10.6. The number of carbonyl (C=O) groups excluding carboxylic acids is 2. The molecule has 1 unspecified atom stereocenters. The standard InChI is InChI=1S/C14H19NO2/c1-10(2)14(11(3)16)15-13(17)9-12-7-5-4-6-8-12/h4-8,10,14H,9H2,1-3H3,(H,15,17). The van der Waals surface area contributed by atoms with Crippen LogP contribution in [0.3, 0.4) is 0 Å². The first kappa shape index (κ1) is 13.4. The van der Waals surface area contributed by atoms with Crippen LogP contribution >= 0.6 is 0 Å². The summed E-state index contributed by atoms with van der Waals surface area (Å²) < 4.78 is 0. The summed E-state index contributed by atoms with van der Waals surface area (Å²) in [7, 11) is 0. The van der Waals surface area contributed by atoms with E-state index in [4.69, 9.17) is 0 Å². The lowest BCUT2D eigenvalue weighted by molar-refractivity contribution is -0.127. The Labute approximate surface area is 102 Å². The van der Waals surface area contributed by atoms with E-state index in [1.54, 1.807) is 0 Å². The maximum absolute atomic E-state index is 11.8. The summed E-state index contributed by atoms with van der Waals surface area (Å²) >= 11 is 0. The Balaban J connectivity index is 2.57. The number of ketones is 1. The van der Waals surface area contributed by atoms with Crippen molar-refractivity contribution in [3.8, 4) is 0 Å². The molecule has 1 N–H and O–H groups in total. The molecule has 0 spiro atoms. The Kier molecular flexibility index (Phi) is 4.88. The molecule has 0 aliphatic heterocycles. The third-order valence-corrected chi connectivity index (χ3v) is 2.63. The molecule has 0 bridgehead atoms. The highest BCUT2D eigenvalue weighted by atomic mass is 16.2. The molecule has 0 fully saturated rings. The molecular formula is C14H19NO2. The Morgan fingerprint density at radius 2 is 1.76 bits per heavy atom. The van der Waals surface area contributed by atoms with Crippen LogP contribution in [-0.4, -0.2) is 17.7 Å². The van der Waals surface area contributed by atoms with Crippen molar-refractivity contribution in [2.45, 2.75) is 33.2 Å². The summed E-state index contributed by atoms with van der Waals surface area (Å²) in [5.74, 6) is 0.0127. The first-order chi connectivity index (χ1) is 8.00. The van der Waals surface area contributed by atoms with Gasteiger partial charge >= 0.3 is 0 Å². The highest BCUT2D eigenvalue weighted by Gasteiger charge is 2.20. The van der Waals surface area contributed by atoms with Crippen molar-refractivity contribution in [3.63, 3.8) is 0 Å². The van der Waals surface area contributed by atoms with E-state index in [0.717, 1.165) is 5.56 Å². The van der Waals surface area contributed by atoms with Gasteiger partial charge in [0.1, 0.15) is 0 Å². The highest BCUT2D eigenvalue weighted by Crippen LogP contribution is 2.04. The maximum atomic E-state index is 11.8. The van der Waals surface area contributed by atoms with Gasteiger partial charge in [0.05, 0.1) is 12.5 Å². The zero-order valence-corrected chi connectivity index (χ0v) is 10.6. The predicted molar refractivity (Wildman–Crippen MR) is 67.6 cm³/mol. The molecule has 0 aliphatic carbocycles. The molecule has 92 valence electrons. The number of nitrogens with one attached hydrogen (secondary N) is 1. The van der Waals surface area contributed by atoms with Crippen LogP contribution in [0.1, 0.15) is 26.3 Å². The smallest absolute Gasteiger partial charge is 0.225 e. The van der Waals surface area contributed by atoms with Crippen molar-refractivity contribution in [1.82, 2.24) is 5.32 Å². The van der Waals surface area contributed by atoms with Crippen LogP contribution in [0.15, 0.2) is 30.3 Å². The molecule has 17 heavy (non-hydrogen) atoms. The van der Waals surface area contributed by atoms with Gasteiger partial charge in [-0.05, 0) is 18.4 Å². The highest BCUT2D eigenvalue weighted by molar-refractivity contribution is 5.88. The fraction of sp³-hybridized carbons (Fsp3) is 0.429. The van der Waals surface area contributed by atoms with Crippen LogP contribution in [0.4, 0.5) is 0 Å². The van der Waals surface area contributed by atoms with Gasteiger partial charge in [-0.2, -0.15) is 0 Å². The molecule has 1 amide bonds. The molecule has 3 heteroatoms. The SMILES string of the molecule is CC(=O)C(NC(=O)Cc1ccccc1)C(C)C. The van der Waals surface area contributed by atoms with E-state index < -0.39 is 0 Å². The minimum atomic E-state index is -0.383. The van der Waals surface area contributed by atoms with E-state index in [1.165, 1.54) is 6.92 Å². The van der Waals surface area contributed by atoms with Crippen molar-refractivity contribution in [1.29, 1.82) is 0 Å². The average molecular weight is 233 g/mol. The lowest BCUT2D eigenvalue weighted by Gasteiger charge is -2.19. The van der Waals surface area contributed by atoms with E-state index in [-0.39, 0.29) is 23.7 Å². The summed E-state index contributed by atoms with van der Waals surface area (Å²) in [5.41, 5.74) is 0.955. The van der Waals surface area contributed by atoms with Crippen molar-refractivity contribution < 1.29 is 9.59 Å². The average Bonchev–Trinajstić information content (AvgIpc) is 2.26. The van der Waals surface area contributed by atoms with Crippen LogP contribution in [0.2, 0.25) is 0 Å². The summed E-state index contributed by atoms with van der Waals surface area (Å²) in [6.45, 7) is 5.36. The summed E-state index contributed by atoms with van der Waals surface area (Å²) in [5, 5.41) is 2.78. The van der Waals surface area contributed by atoms with E-state index >= 15 is 0 Å². The first-order valence-corrected chi connectivity index (χ1v) is 5.84. The van der Waals surface area contributed by atoms with Crippen molar-refractivity contribution in [2.75, 3.05) is 0 Å². The zero-order chi connectivity index (χ0) is 12.8. The van der Waals surface area contributed by atoms with Gasteiger partial charge in [0.15, 0.2) is 5.78 Å². The molecule has 0 saturated heterocycles. The minimum absolute atomic E-state index is 0.00131. The number of Topliss-reactive ketones (excluding diaryl/α,β-unsaturated/α-hetero) is 1. The number of amides is 1. The third-order valence-electron chi connectivity index (χ3n) is 2.63. The van der Waals surface area contributed by atoms with Crippen molar-refractivity contribution in [2.24, 2.45) is 5.92 Å². The molecule has 1 aromatic carbocycles. The topological polar surface area (TPSA) is 46.2 Å². The second-order valence-corrected chi connectivity index (χ2v) is 4.56. The van der Waals surface area contributed by atoms with E-state index in [1.807, 2.05) is 44.2 Å². The normalized spacial score (nSPS) is 12.2. The Hall–Kier alpha value is -1.64. The first-order valence-electron chi connectivity index (χ1n) is 5.84. The second-order valence-electron chi connectivity index (χ2n) is 4.56. The van der Waals surface area contributed by atoms with Gasteiger partial charge in [-0.3, -0.25) is 9.59 Å². The Morgan fingerprint density at radius 1 is 1.18 bits per heavy atom. The van der Waals surface area contributed by atoms with Crippen LogP contribution < -0.4 is 5.32 Å². The molecule has 0 aliphatic rings. The van der Waals surface area contributed by atoms with Crippen LogP contribution in [0.5, 0.6) is 0 Å². The van der Waals surface area contributed by atoms with Crippen LogP contribution in [0.25, 0.3) is 0 Å². The van der Waals surface area contributed by atoms with E-state index in [0.29, 0.717) is 6.42 Å². The lowest BCUT2D eigenvalue weighted by Crippen LogP contribution is -2.43. The van der Waals surface area contributed by atoms with Crippen LogP contribution in [0, 0.1) is 5.92 Å².